The molecule has 0 saturated heterocycles. The van der Waals surface area contributed by atoms with Crippen LogP contribution in [0.2, 0.25) is 15.1 Å². The minimum atomic E-state index is -0.528. The van der Waals surface area contributed by atoms with Crippen molar-refractivity contribution in [3.63, 3.8) is 0 Å². The van der Waals surface area contributed by atoms with E-state index < -0.39 is 5.97 Å². The number of benzene rings is 2. The van der Waals surface area contributed by atoms with Gasteiger partial charge in [-0.25, -0.2) is 0 Å². The zero-order valence-electron chi connectivity index (χ0n) is 13.8. The number of hydrogen-bond acceptors (Lipinski definition) is 4. The maximum absolute atomic E-state index is 11.9. The van der Waals surface area contributed by atoms with Gasteiger partial charge in [0.1, 0.15) is 0 Å². The average molecular weight is 433 g/mol. The Morgan fingerprint density at radius 1 is 1.08 bits per heavy atom. The van der Waals surface area contributed by atoms with Crippen LogP contribution in [0.1, 0.15) is 18.5 Å². The van der Waals surface area contributed by atoms with Crippen LogP contribution in [0.5, 0.6) is 0 Å². The molecule has 0 aliphatic rings. The lowest BCUT2D eigenvalue weighted by Gasteiger charge is -2.14. The van der Waals surface area contributed by atoms with E-state index in [0.717, 1.165) is 17.3 Å². The van der Waals surface area contributed by atoms with Gasteiger partial charge in [-0.3, -0.25) is 9.59 Å². The van der Waals surface area contributed by atoms with Crippen molar-refractivity contribution in [2.75, 3.05) is 12.4 Å². The van der Waals surface area contributed by atoms with Crippen molar-refractivity contribution >= 4 is 58.4 Å². The highest BCUT2D eigenvalue weighted by atomic mass is 35.5. The van der Waals surface area contributed by atoms with Crippen molar-refractivity contribution in [2.24, 2.45) is 0 Å². The minimum absolute atomic E-state index is 0.000794. The Morgan fingerprint density at radius 2 is 1.77 bits per heavy atom. The van der Waals surface area contributed by atoms with Gasteiger partial charge < -0.3 is 10.1 Å². The summed E-state index contributed by atoms with van der Waals surface area (Å²) in [5.74, 6) is -0.897. The smallest absolute Gasteiger partial charge is 0.316 e. The predicted molar refractivity (Wildman–Crippen MR) is 106 cm³/mol. The summed E-state index contributed by atoms with van der Waals surface area (Å²) in [6.45, 7) is 1.52. The molecule has 2 aromatic carbocycles. The summed E-state index contributed by atoms with van der Waals surface area (Å²) in [7, 11) is 0. The lowest BCUT2D eigenvalue weighted by molar-refractivity contribution is -0.146. The molecule has 0 fully saturated rings. The molecule has 2 rings (SSSR count). The molecule has 0 radical (unpaired) electrons. The van der Waals surface area contributed by atoms with E-state index in [0.29, 0.717) is 9.92 Å². The molecule has 8 heteroatoms. The number of carbonyl (C=O) groups is 2. The van der Waals surface area contributed by atoms with Gasteiger partial charge in [-0.2, -0.15) is 0 Å². The van der Waals surface area contributed by atoms with Crippen molar-refractivity contribution in [1.82, 2.24) is 5.32 Å². The molecule has 0 aromatic heterocycles. The molecule has 0 bridgehead atoms. The number of nitrogens with one attached hydrogen (secondary N) is 1. The topological polar surface area (TPSA) is 55.4 Å². The largest absolute Gasteiger partial charge is 0.455 e. The van der Waals surface area contributed by atoms with Crippen LogP contribution in [0.4, 0.5) is 0 Å². The molecule has 1 amide bonds. The summed E-state index contributed by atoms with van der Waals surface area (Å²) in [5.41, 5.74) is 0.969. The van der Waals surface area contributed by atoms with Crippen LogP contribution in [0, 0.1) is 0 Å². The normalized spacial score (nSPS) is 11.7. The molecule has 0 unspecified atom stereocenters. The van der Waals surface area contributed by atoms with Crippen LogP contribution >= 0.6 is 46.6 Å². The second-order valence-corrected chi connectivity index (χ2v) is 7.50. The Bertz CT molecular complexity index is 787. The van der Waals surface area contributed by atoms with E-state index in [1.807, 2.05) is 37.3 Å². The Balaban J connectivity index is 1.76. The molecule has 0 heterocycles. The van der Waals surface area contributed by atoms with Crippen molar-refractivity contribution < 1.29 is 14.3 Å². The van der Waals surface area contributed by atoms with E-state index in [9.17, 15) is 9.59 Å². The van der Waals surface area contributed by atoms with Crippen molar-refractivity contribution in [3.05, 3.63) is 63.1 Å². The molecule has 138 valence electrons. The third-order valence-corrected chi connectivity index (χ3v) is 5.82. The van der Waals surface area contributed by atoms with Crippen molar-refractivity contribution in [1.29, 1.82) is 0 Å². The maximum Gasteiger partial charge on any atom is 0.316 e. The molecule has 0 spiro atoms. The van der Waals surface area contributed by atoms with Gasteiger partial charge in [-0.05, 0) is 24.6 Å². The van der Waals surface area contributed by atoms with Gasteiger partial charge in [0.25, 0.3) is 5.91 Å². The molecular formula is C18H16Cl3NO3S. The zero-order chi connectivity index (χ0) is 19.1. The number of hydrogen-bond donors (Lipinski definition) is 1. The number of rotatable bonds is 7. The molecule has 1 atom stereocenters. The summed E-state index contributed by atoms with van der Waals surface area (Å²) in [6.07, 6.45) is 0. The average Bonchev–Trinajstić information content (AvgIpc) is 2.64. The molecule has 1 N–H and O–H groups in total. The lowest BCUT2D eigenvalue weighted by Crippen LogP contribution is -2.31. The zero-order valence-corrected chi connectivity index (χ0v) is 16.9. The monoisotopic (exact) mass is 431 g/mol. The third-order valence-electron chi connectivity index (χ3n) is 3.39. The third kappa shape index (κ3) is 6.09. The van der Waals surface area contributed by atoms with Crippen LogP contribution in [-0.4, -0.2) is 24.2 Å². The van der Waals surface area contributed by atoms with Crippen LogP contribution in [0.3, 0.4) is 0 Å². The van der Waals surface area contributed by atoms with Gasteiger partial charge in [0.2, 0.25) is 0 Å². The van der Waals surface area contributed by atoms with E-state index >= 15 is 0 Å². The summed E-state index contributed by atoms with van der Waals surface area (Å²) >= 11 is 19.0. The molecule has 0 aliphatic heterocycles. The molecular weight excluding hydrogens is 417 g/mol. The Kier molecular flexibility index (Phi) is 8.10. The lowest BCUT2D eigenvalue weighted by atomic mass is 10.1. The number of ether oxygens (including phenoxy) is 1. The fourth-order valence-corrected chi connectivity index (χ4v) is 3.56. The summed E-state index contributed by atoms with van der Waals surface area (Å²) < 4.78 is 4.98. The first-order valence-corrected chi connectivity index (χ1v) is 9.76. The van der Waals surface area contributed by atoms with Crippen molar-refractivity contribution in [3.8, 4) is 0 Å². The second-order valence-electron chi connectivity index (χ2n) is 5.32. The van der Waals surface area contributed by atoms with E-state index in [4.69, 9.17) is 39.5 Å². The second kappa shape index (κ2) is 10.1. The number of esters is 1. The summed E-state index contributed by atoms with van der Waals surface area (Å²) in [5, 5.41) is 3.63. The highest BCUT2D eigenvalue weighted by molar-refractivity contribution is 8.00. The van der Waals surface area contributed by atoms with Gasteiger partial charge in [-0.15, -0.1) is 11.8 Å². The van der Waals surface area contributed by atoms with Gasteiger partial charge in [0, 0.05) is 4.90 Å². The van der Waals surface area contributed by atoms with E-state index in [1.54, 1.807) is 12.1 Å². The fraction of sp³-hybridized carbons (Fsp3) is 0.222. The standard InChI is InChI=1S/C18H16Cl3NO3S/c1-11(12-5-3-2-4-6-12)22-15(23)9-25-16(24)10-26-14-8-7-13(19)17(20)18(14)21/h2-8,11H,9-10H2,1H3,(H,22,23)/t11-/m0/s1. The number of thioether (sulfide) groups is 1. The minimum Gasteiger partial charge on any atom is -0.455 e. The highest BCUT2D eigenvalue weighted by Crippen LogP contribution is 2.37. The molecule has 26 heavy (non-hydrogen) atoms. The Labute approximate surface area is 171 Å². The predicted octanol–water partition coefficient (Wildman–Crippen LogP) is 5.16. The van der Waals surface area contributed by atoms with Crippen LogP contribution < -0.4 is 5.32 Å². The Hall–Kier alpha value is -1.40. The maximum atomic E-state index is 11.9. The van der Waals surface area contributed by atoms with Crippen molar-refractivity contribution in [2.45, 2.75) is 17.9 Å². The quantitative estimate of drug-likeness (QED) is 0.373. The number of amides is 1. The van der Waals surface area contributed by atoms with Crippen LogP contribution in [0.15, 0.2) is 47.4 Å². The number of halogens is 3. The first kappa shape index (κ1) is 20.9. The van der Waals surface area contributed by atoms with E-state index in [2.05, 4.69) is 5.32 Å². The fourth-order valence-electron chi connectivity index (χ4n) is 2.05. The summed E-state index contributed by atoms with van der Waals surface area (Å²) in [6, 6.07) is 12.6. The first-order valence-electron chi connectivity index (χ1n) is 7.64. The number of carbonyl (C=O) groups excluding carboxylic acids is 2. The van der Waals surface area contributed by atoms with Crippen LogP contribution in [-0.2, 0) is 14.3 Å². The Morgan fingerprint density at radius 3 is 2.46 bits per heavy atom. The SMILES string of the molecule is C[C@H](NC(=O)COC(=O)CSc1ccc(Cl)c(Cl)c1Cl)c1ccccc1. The van der Waals surface area contributed by atoms with Gasteiger partial charge >= 0.3 is 5.97 Å². The van der Waals surface area contributed by atoms with Crippen LogP contribution in [0.25, 0.3) is 0 Å². The molecule has 0 aliphatic carbocycles. The molecule has 4 nitrogen and oxygen atoms in total. The van der Waals surface area contributed by atoms with E-state index in [1.165, 1.54) is 0 Å². The van der Waals surface area contributed by atoms with Gasteiger partial charge in [0.05, 0.1) is 26.9 Å². The summed E-state index contributed by atoms with van der Waals surface area (Å²) in [4.78, 5) is 24.3. The van der Waals surface area contributed by atoms with E-state index in [-0.39, 0.29) is 34.4 Å². The first-order chi connectivity index (χ1) is 12.4. The molecule has 2 aromatic rings. The van der Waals surface area contributed by atoms with Gasteiger partial charge in [-0.1, -0.05) is 65.1 Å². The van der Waals surface area contributed by atoms with Gasteiger partial charge in [0.15, 0.2) is 6.61 Å². The highest BCUT2D eigenvalue weighted by Gasteiger charge is 2.14. The molecule has 0 saturated carbocycles.